The van der Waals surface area contributed by atoms with Crippen molar-refractivity contribution in [1.29, 1.82) is 0 Å². The highest BCUT2D eigenvalue weighted by atomic mass is 16.1. The predicted molar refractivity (Wildman–Crippen MR) is 79.1 cm³/mol. The molecule has 1 N–H and O–H groups in total. The minimum atomic E-state index is -0.287. The molecule has 0 aromatic heterocycles. The van der Waals surface area contributed by atoms with Crippen molar-refractivity contribution in [2.45, 2.75) is 13.8 Å². The topological polar surface area (TPSA) is 77.9 Å². The summed E-state index contributed by atoms with van der Waals surface area (Å²) < 4.78 is 0. The molecule has 0 atom stereocenters. The lowest BCUT2D eigenvalue weighted by molar-refractivity contribution is 0.102. The van der Waals surface area contributed by atoms with Gasteiger partial charge in [0, 0.05) is 16.2 Å². The third kappa shape index (κ3) is 2.79. The summed E-state index contributed by atoms with van der Waals surface area (Å²) in [6.07, 6.45) is 0. The second kappa shape index (κ2) is 5.91. The largest absolute Gasteiger partial charge is 0.321 e. The van der Waals surface area contributed by atoms with E-state index in [0.717, 1.165) is 16.8 Å². The van der Waals surface area contributed by atoms with Gasteiger partial charge in [-0.15, -0.1) is 0 Å². The van der Waals surface area contributed by atoms with Crippen molar-refractivity contribution in [1.82, 2.24) is 0 Å². The molecule has 100 valence electrons. The van der Waals surface area contributed by atoms with Crippen LogP contribution in [0.4, 0.5) is 11.4 Å². The lowest BCUT2D eigenvalue weighted by Gasteiger charge is -2.12. The van der Waals surface area contributed by atoms with E-state index >= 15 is 0 Å². The van der Waals surface area contributed by atoms with Crippen molar-refractivity contribution in [3.05, 3.63) is 69.6 Å². The van der Waals surface area contributed by atoms with Crippen molar-refractivity contribution >= 4 is 17.3 Å². The van der Waals surface area contributed by atoms with Crippen molar-refractivity contribution < 1.29 is 4.79 Å². The van der Waals surface area contributed by atoms with Gasteiger partial charge in [-0.25, -0.2) is 0 Å². The maximum atomic E-state index is 12.3. The Morgan fingerprint density at radius 3 is 2.40 bits per heavy atom. The molecule has 0 bridgehead atoms. The summed E-state index contributed by atoms with van der Waals surface area (Å²) in [7, 11) is 0. The first kappa shape index (κ1) is 13.6. The van der Waals surface area contributed by atoms with Gasteiger partial charge in [0.15, 0.2) is 0 Å². The Bertz CT molecular complexity index is 683. The average molecular weight is 266 g/mol. The summed E-state index contributed by atoms with van der Waals surface area (Å²) in [6, 6.07) is 12.5. The van der Waals surface area contributed by atoms with E-state index in [-0.39, 0.29) is 5.91 Å². The van der Waals surface area contributed by atoms with Crippen LogP contribution in [0.5, 0.6) is 0 Å². The molecule has 0 spiro atoms. The Kier molecular flexibility index (Phi) is 4.03. The van der Waals surface area contributed by atoms with Crippen molar-refractivity contribution in [2.75, 3.05) is 5.32 Å². The van der Waals surface area contributed by atoms with Crippen molar-refractivity contribution in [2.24, 2.45) is 5.11 Å². The van der Waals surface area contributed by atoms with Crippen LogP contribution in [-0.4, -0.2) is 5.91 Å². The molecule has 0 fully saturated rings. The molecule has 0 saturated carbocycles. The standard InChI is InChI=1S/C15H14N4O/c1-10-6-5-7-11(2)14(10)17-15(20)12-8-3-4-9-13(12)18-19-16/h3-9H,1-2H3,(H,17,20). The number of azide groups is 1. The fourth-order valence-electron chi connectivity index (χ4n) is 1.99. The van der Waals surface area contributed by atoms with E-state index in [9.17, 15) is 4.79 Å². The Morgan fingerprint density at radius 2 is 1.75 bits per heavy atom. The molecule has 0 aliphatic carbocycles. The van der Waals surface area contributed by atoms with Crippen LogP contribution in [0, 0.1) is 13.8 Å². The molecule has 20 heavy (non-hydrogen) atoms. The van der Waals surface area contributed by atoms with Gasteiger partial charge in [-0.05, 0) is 36.6 Å². The summed E-state index contributed by atoms with van der Waals surface area (Å²) >= 11 is 0. The highest BCUT2D eigenvalue weighted by molar-refractivity contribution is 6.08. The molecular formula is C15H14N4O. The maximum Gasteiger partial charge on any atom is 0.256 e. The highest BCUT2D eigenvalue weighted by Gasteiger charge is 2.12. The minimum absolute atomic E-state index is 0.287. The molecular weight excluding hydrogens is 252 g/mol. The van der Waals surface area contributed by atoms with E-state index in [2.05, 4.69) is 15.3 Å². The Labute approximate surface area is 116 Å². The lowest BCUT2D eigenvalue weighted by atomic mass is 10.1. The first-order chi connectivity index (χ1) is 9.63. The van der Waals surface area contributed by atoms with Crippen molar-refractivity contribution in [3.8, 4) is 0 Å². The summed E-state index contributed by atoms with van der Waals surface area (Å²) in [5.74, 6) is -0.287. The van der Waals surface area contributed by atoms with Crippen LogP contribution in [0.2, 0.25) is 0 Å². The number of nitrogens with one attached hydrogen (secondary N) is 1. The zero-order chi connectivity index (χ0) is 14.5. The van der Waals surface area contributed by atoms with Gasteiger partial charge in [0.25, 0.3) is 5.91 Å². The van der Waals surface area contributed by atoms with E-state index in [4.69, 9.17) is 5.53 Å². The number of anilines is 1. The molecule has 1 amide bonds. The number of rotatable bonds is 3. The first-order valence-electron chi connectivity index (χ1n) is 6.15. The van der Waals surface area contributed by atoms with Gasteiger partial charge in [-0.1, -0.05) is 41.5 Å². The fraction of sp³-hybridized carbons (Fsp3) is 0.133. The van der Waals surface area contributed by atoms with E-state index < -0.39 is 0 Å². The third-order valence-corrected chi connectivity index (χ3v) is 3.02. The van der Waals surface area contributed by atoms with E-state index in [1.807, 2.05) is 32.0 Å². The monoisotopic (exact) mass is 266 g/mol. The van der Waals surface area contributed by atoms with Gasteiger partial charge < -0.3 is 5.32 Å². The lowest BCUT2D eigenvalue weighted by Crippen LogP contribution is -2.13. The van der Waals surface area contributed by atoms with Gasteiger partial charge in [0.05, 0.1) is 5.69 Å². The molecule has 2 aromatic carbocycles. The molecule has 0 radical (unpaired) electrons. The molecule has 2 rings (SSSR count). The molecule has 2 aromatic rings. The third-order valence-electron chi connectivity index (χ3n) is 3.02. The Balaban J connectivity index is 2.36. The number of benzene rings is 2. The first-order valence-corrected chi connectivity index (χ1v) is 6.15. The van der Waals surface area contributed by atoms with Crippen LogP contribution in [0.1, 0.15) is 21.5 Å². The highest BCUT2D eigenvalue weighted by Crippen LogP contribution is 2.23. The Morgan fingerprint density at radius 1 is 1.10 bits per heavy atom. The normalized spacial score (nSPS) is 9.70. The zero-order valence-corrected chi connectivity index (χ0v) is 11.3. The summed E-state index contributed by atoms with van der Waals surface area (Å²) in [5, 5.41) is 6.41. The molecule has 5 nitrogen and oxygen atoms in total. The van der Waals surface area contributed by atoms with E-state index in [1.54, 1.807) is 24.3 Å². The minimum Gasteiger partial charge on any atom is -0.321 e. The fourth-order valence-corrected chi connectivity index (χ4v) is 1.99. The number of hydrogen-bond acceptors (Lipinski definition) is 2. The smallest absolute Gasteiger partial charge is 0.256 e. The van der Waals surface area contributed by atoms with Crippen LogP contribution in [0.3, 0.4) is 0 Å². The second-order valence-electron chi connectivity index (χ2n) is 4.43. The summed E-state index contributed by atoms with van der Waals surface area (Å²) in [4.78, 5) is 15.1. The number of para-hydroxylation sites is 1. The molecule has 0 unspecified atom stereocenters. The summed E-state index contributed by atoms with van der Waals surface area (Å²) in [6.45, 7) is 3.86. The number of carbonyl (C=O) groups is 1. The van der Waals surface area contributed by atoms with Gasteiger partial charge in [0.1, 0.15) is 0 Å². The van der Waals surface area contributed by atoms with Gasteiger partial charge in [0.2, 0.25) is 0 Å². The van der Waals surface area contributed by atoms with E-state index in [1.165, 1.54) is 0 Å². The second-order valence-corrected chi connectivity index (χ2v) is 4.43. The molecule has 0 aliphatic heterocycles. The molecule has 0 aliphatic rings. The number of nitrogens with zero attached hydrogens (tertiary/aromatic N) is 3. The van der Waals surface area contributed by atoms with Crippen LogP contribution < -0.4 is 5.32 Å². The van der Waals surface area contributed by atoms with Gasteiger partial charge >= 0.3 is 0 Å². The number of aryl methyl sites for hydroxylation is 2. The molecule has 0 heterocycles. The van der Waals surface area contributed by atoms with Gasteiger partial charge in [-0.3, -0.25) is 4.79 Å². The maximum absolute atomic E-state index is 12.3. The number of hydrogen-bond donors (Lipinski definition) is 1. The molecule has 5 heteroatoms. The van der Waals surface area contributed by atoms with Crippen molar-refractivity contribution in [3.63, 3.8) is 0 Å². The Hall–Kier alpha value is -2.78. The zero-order valence-electron chi connectivity index (χ0n) is 11.3. The number of amides is 1. The van der Waals surface area contributed by atoms with Crippen LogP contribution in [0.25, 0.3) is 10.4 Å². The average Bonchev–Trinajstić information content (AvgIpc) is 2.44. The quantitative estimate of drug-likeness (QED) is 0.495. The van der Waals surface area contributed by atoms with E-state index in [0.29, 0.717) is 11.3 Å². The number of carbonyl (C=O) groups excluding carboxylic acids is 1. The van der Waals surface area contributed by atoms with Crippen LogP contribution in [0.15, 0.2) is 47.6 Å². The predicted octanol–water partition coefficient (Wildman–Crippen LogP) is 4.50. The van der Waals surface area contributed by atoms with Crippen LogP contribution in [-0.2, 0) is 0 Å². The SMILES string of the molecule is Cc1cccc(C)c1NC(=O)c1ccccc1N=[N+]=[N-]. The molecule has 0 saturated heterocycles. The summed E-state index contributed by atoms with van der Waals surface area (Å²) in [5.41, 5.74) is 12.0. The van der Waals surface area contributed by atoms with Gasteiger partial charge in [-0.2, -0.15) is 0 Å². The van der Waals surface area contributed by atoms with Crippen LogP contribution >= 0.6 is 0 Å².